The van der Waals surface area contributed by atoms with Gasteiger partial charge in [0.2, 0.25) is 0 Å². The zero-order valence-corrected chi connectivity index (χ0v) is 61.5. The van der Waals surface area contributed by atoms with Gasteiger partial charge in [0.15, 0.2) is 0 Å². The van der Waals surface area contributed by atoms with Crippen LogP contribution in [0.25, 0.3) is 0 Å². The van der Waals surface area contributed by atoms with Crippen LogP contribution in [0.5, 0.6) is 0 Å². The molecule has 0 spiro atoms. The highest BCUT2D eigenvalue weighted by Gasteiger charge is 2.10. The Kier molecular flexibility index (Phi) is 111. The van der Waals surface area contributed by atoms with Crippen molar-refractivity contribution in [3.8, 4) is 0 Å². The number of rotatable bonds is 0. The molecule has 8 fully saturated rings. The molecule has 2 N–H and O–H groups in total. The van der Waals surface area contributed by atoms with Gasteiger partial charge >= 0.3 is 0 Å². The third kappa shape index (κ3) is 113. The number of ether oxygens (including phenoxy) is 2. The van der Waals surface area contributed by atoms with Crippen molar-refractivity contribution in [1.82, 2.24) is 10.6 Å². The normalized spacial score (nSPS) is 22.2. The Morgan fingerprint density at radius 3 is 0.700 bits per heavy atom. The molecule has 8 aliphatic rings. The van der Waals surface area contributed by atoms with Crippen LogP contribution in [0.3, 0.4) is 0 Å². The van der Waals surface area contributed by atoms with Crippen molar-refractivity contribution in [3.63, 3.8) is 0 Å². The SMILES string of the molecule is CC1CCCCC1.CC1CCCCC1.CC1CCCCC1.CC1CCCCC1.CCC.CCC.CCC.CCC.CCC.CCC.CCC.CCC.C[C@H]1CCCCN1.C[C@H]1CCCCO1.C[C@H]1CCCNC1.C[C@H]1CCCOC1. The zero-order valence-electron chi connectivity index (χ0n) is 61.5. The number of nitrogens with one attached hydrogen (secondary N) is 2. The monoisotopic (exact) mass is 1140 g/mol. The fraction of sp³-hybridized carbons (Fsp3) is 1.00. The third-order valence-electron chi connectivity index (χ3n) is 13.5. The molecule has 4 atom stereocenters. The summed E-state index contributed by atoms with van der Waals surface area (Å²) in [5.74, 6) is 5.88. The molecule has 0 amide bonds. The average molecular weight is 1140 g/mol. The predicted molar refractivity (Wildman–Crippen MR) is 378 cm³/mol. The molecule has 496 valence electrons. The molecule has 0 aromatic heterocycles. The van der Waals surface area contributed by atoms with E-state index in [0.717, 1.165) is 61.4 Å². The third-order valence-corrected chi connectivity index (χ3v) is 13.5. The van der Waals surface area contributed by atoms with Crippen molar-refractivity contribution in [2.75, 3.05) is 39.5 Å². The molecule has 0 aromatic rings. The smallest absolute Gasteiger partial charge is 0.0547 e. The van der Waals surface area contributed by atoms with Gasteiger partial charge in [-0.1, -0.05) is 339 Å². The van der Waals surface area contributed by atoms with E-state index in [0.29, 0.717) is 6.10 Å². The minimum Gasteiger partial charge on any atom is -0.381 e. The van der Waals surface area contributed by atoms with Crippen LogP contribution in [0, 0.1) is 35.5 Å². The van der Waals surface area contributed by atoms with Crippen molar-refractivity contribution in [1.29, 1.82) is 0 Å². The molecule has 8 rings (SSSR count). The highest BCUT2D eigenvalue weighted by molar-refractivity contribution is 4.66. The first-order valence-electron chi connectivity index (χ1n) is 37.1. The molecule has 4 nitrogen and oxygen atoms in total. The van der Waals surface area contributed by atoms with Gasteiger partial charge in [0, 0.05) is 25.9 Å². The van der Waals surface area contributed by atoms with E-state index in [1.807, 2.05) is 0 Å². The lowest BCUT2D eigenvalue weighted by atomic mass is 9.91. The van der Waals surface area contributed by atoms with Crippen molar-refractivity contribution < 1.29 is 9.47 Å². The van der Waals surface area contributed by atoms with Crippen LogP contribution in [0.1, 0.15) is 410 Å². The maximum atomic E-state index is 5.28. The van der Waals surface area contributed by atoms with Crippen LogP contribution >= 0.6 is 0 Å². The first kappa shape index (κ1) is 96.2. The van der Waals surface area contributed by atoms with Gasteiger partial charge in [0.1, 0.15) is 0 Å². The van der Waals surface area contributed by atoms with Gasteiger partial charge in [-0.2, -0.15) is 0 Å². The van der Waals surface area contributed by atoms with E-state index in [4.69, 9.17) is 9.47 Å². The molecule has 0 unspecified atom stereocenters. The first-order valence-corrected chi connectivity index (χ1v) is 37.1. The van der Waals surface area contributed by atoms with E-state index in [9.17, 15) is 0 Å². The van der Waals surface area contributed by atoms with Gasteiger partial charge in [0.05, 0.1) is 6.10 Å². The quantitative estimate of drug-likeness (QED) is 0.254. The molecule has 0 bridgehead atoms. The zero-order chi connectivity index (χ0) is 62.6. The lowest BCUT2D eigenvalue weighted by molar-refractivity contribution is 0.0285. The standard InChI is InChI=1S/4C7H14.2C6H13N.2C6H12O.8C3H8/c4*1-7-5-3-2-4-6-7;1-6-3-2-4-7-5-6;1-6-4-2-3-5-7-6;1-6-3-2-4-7-5-6;1-6-4-2-3-5-7-6;8*1-3-2/h4*7H,2-6H2,1H3;2*6-7H,2-5H2,1H3;2*6H,2-5H2,1H3;8*3H2,1-2H3/t;;;;4*6-;;;;;;;;/m....0000......../s1. The van der Waals surface area contributed by atoms with E-state index in [1.165, 1.54) is 264 Å². The van der Waals surface area contributed by atoms with E-state index >= 15 is 0 Å². The molecule has 4 heteroatoms. The Hall–Kier alpha value is -0.160. The highest BCUT2D eigenvalue weighted by Crippen LogP contribution is 2.24. The second kappa shape index (κ2) is 92.6. The summed E-state index contributed by atoms with van der Waals surface area (Å²) in [6.07, 6.45) is 53.8. The topological polar surface area (TPSA) is 42.5 Å². The Morgan fingerprint density at radius 2 is 0.575 bits per heavy atom. The number of piperidine rings is 2. The first-order chi connectivity index (χ1) is 38.5. The number of hydrogen-bond acceptors (Lipinski definition) is 4. The summed E-state index contributed by atoms with van der Waals surface area (Å²) in [5.41, 5.74) is 0. The molecule has 4 aliphatic carbocycles. The summed E-state index contributed by atoms with van der Waals surface area (Å²) in [7, 11) is 0. The van der Waals surface area contributed by atoms with Crippen LogP contribution in [0.15, 0.2) is 0 Å². The lowest BCUT2D eigenvalue weighted by Gasteiger charge is -2.18. The molecular formula is C76H170N2O2. The maximum absolute atomic E-state index is 5.28. The van der Waals surface area contributed by atoms with Crippen LogP contribution < -0.4 is 10.6 Å². The summed E-state index contributed by atoms with van der Waals surface area (Å²) in [6.45, 7) is 59.0. The van der Waals surface area contributed by atoms with Gasteiger partial charge in [-0.05, 0) is 127 Å². The van der Waals surface area contributed by atoms with E-state index < -0.39 is 0 Å². The summed E-state index contributed by atoms with van der Waals surface area (Å²) in [5, 5.41) is 6.72. The Bertz CT molecular complexity index is 651. The van der Waals surface area contributed by atoms with Gasteiger partial charge < -0.3 is 20.1 Å². The second-order valence-electron chi connectivity index (χ2n) is 25.9. The minimum absolute atomic E-state index is 0.536. The molecular weight excluding hydrogens is 973 g/mol. The molecule has 4 aliphatic heterocycles. The van der Waals surface area contributed by atoms with Crippen molar-refractivity contribution in [2.24, 2.45) is 35.5 Å². The molecule has 0 radical (unpaired) electrons. The molecule has 80 heavy (non-hydrogen) atoms. The van der Waals surface area contributed by atoms with Crippen molar-refractivity contribution in [3.05, 3.63) is 0 Å². The van der Waals surface area contributed by atoms with Gasteiger partial charge in [-0.25, -0.2) is 0 Å². The second-order valence-corrected chi connectivity index (χ2v) is 25.9. The van der Waals surface area contributed by atoms with Crippen molar-refractivity contribution >= 4 is 0 Å². The van der Waals surface area contributed by atoms with Gasteiger partial charge in [-0.3, -0.25) is 0 Å². The van der Waals surface area contributed by atoms with E-state index in [-0.39, 0.29) is 0 Å². The largest absolute Gasteiger partial charge is 0.381 e. The molecule has 4 heterocycles. The molecule has 4 saturated carbocycles. The Balaban J connectivity index is -0.000000117. The van der Waals surface area contributed by atoms with Crippen molar-refractivity contribution in [2.45, 2.75) is 422 Å². The van der Waals surface area contributed by atoms with Crippen LogP contribution in [0.4, 0.5) is 0 Å². The van der Waals surface area contributed by atoms with Crippen LogP contribution in [-0.4, -0.2) is 51.6 Å². The van der Waals surface area contributed by atoms with Gasteiger partial charge in [0.25, 0.3) is 0 Å². The summed E-state index contributed by atoms with van der Waals surface area (Å²) >= 11 is 0. The summed E-state index contributed by atoms with van der Waals surface area (Å²) in [4.78, 5) is 0. The summed E-state index contributed by atoms with van der Waals surface area (Å²) < 4.78 is 10.5. The fourth-order valence-corrected chi connectivity index (χ4v) is 9.08. The maximum Gasteiger partial charge on any atom is 0.0547 e. The fourth-order valence-electron chi connectivity index (χ4n) is 9.08. The number of hydrogen-bond donors (Lipinski definition) is 2. The highest BCUT2D eigenvalue weighted by atomic mass is 16.5. The van der Waals surface area contributed by atoms with E-state index in [2.05, 4.69) is 177 Å². The Labute approximate surface area is 514 Å². The van der Waals surface area contributed by atoms with Crippen LogP contribution in [0.2, 0.25) is 0 Å². The molecule has 4 saturated heterocycles. The minimum atomic E-state index is 0.536. The van der Waals surface area contributed by atoms with E-state index in [1.54, 1.807) is 0 Å². The lowest BCUT2D eigenvalue weighted by Crippen LogP contribution is -2.30. The average Bonchev–Trinajstić information content (AvgIpc) is 3.44. The van der Waals surface area contributed by atoms with Crippen LogP contribution in [-0.2, 0) is 9.47 Å². The van der Waals surface area contributed by atoms with Gasteiger partial charge in [-0.15, -0.1) is 0 Å². The predicted octanol–water partition coefficient (Wildman–Crippen LogP) is 26.8. The molecule has 0 aromatic carbocycles. The Morgan fingerprint density at radius 1 is 0.275 bits per heavy atom. The summed E-state index contributed by atoms with van der Waals surface area (Å²) in [6, 6.07) is 0.786.